The van der Waals surface area contributed by atoms with E-state index >= 15 is 0 Å². The molecule has 6 nitrogen and oxygen atoms in total. The molecule has 0 aliphatic carbocycles. The number of hydrogen-bond acceptors (Lipinski definition) is 4. The highest BCUT2D eigenvalue weighted by atomic mass is 35.5. The fourth-order valence-corrected chi connectivity index (χ4v) is 5.57. The summed E-state index contributed by atoms with van der Waals surface area (Å²) in [5.41, 5.74) is 0.889. The molecule has 0 N–H and O–H groups in total. The number of benzene rings is 2. The first-order chi connectivity index (χ1) is 13.7. The summed E-state index contributed by atoms with van der Waals surface area (Å²) in [6, 6.07) is 13.7. The third-order valence-electron chi connectivity index (χ3n) is 4.96. The second-order valence-corrected chi connectivity index (χ2v) is 9.73. The summed E-state index contributed by atoms with van der Waals surface area (Å²) in [5, 5.41) is 0.230. The standard InChI is InChI=1S/C20H23Cl2N3O3S/c1-23(2)20(26)19(15-7-4-3-5-8-15)24-11-13-25(14-12-24)29(27,28)17-10-6-9-16(21)18(17)22/h3-10,19H,11-14H2,1-2H3. The summed E-state index contributed by atoms with van der Waals surface area (Å²) in [7, 11) is -0.326. The van der Waals surface area contributed by atoms with Crippen LogP contribution in [0.3, 0.4) is 0 Å². The van der Waals surface area contributed by atoms with Gasteiger partial charge in [-0.25, -0.2) is 8.42 Å². The zero-order chi connectivity index (χ0) is 21.2. The normalized spacial score (nSPS) is 17.1. The molecule has 0 saturated carbocycles. The lowest BCUT2D eigenvalue weighted by Crippen LogP contribution is -2.52. The van der Waals surface area contributed by atoms with Gasteiger partial charge < -0.3 is 4.90 Å². The number of carbonyl (C=O) groups is 1. The van der Waals surface area contributed by atoms with Crippen LogP contribution in [0.25, 0.3) is 0 Å². The fourth-order valence-electron chi connectivity index (χ4n) is 3.41. The first-order valence-electron chi connectivity index (χ1n) is 9.18. The van der Waals surface area contributed by atoms with Crippen molar-refractivity contribution in [3.8, 4) is 0 Å². The maximum atomic E-state index is 13.0. The van der Waals surface area contributed by atoms with Crippen LogP contribution in [0.2, 0.25) is 10.0 Å². The van der Waals surface area contributed by atoms with Crippen LogP contribution < -0.4 is 0 Å². The van der Waals surface area contributed by atoms with Gasteiger partial charge in [0.1, 0.15) is 10.9 Å². The molecule has 1 aliphatic heterocycles. The number of halogens is 2. The van der Waals surface area contributed by atoms with E-state index in [1.807, 2.05) is 35.2 Å². The summed E-state index contributed by atoms with van der Waals surface area (Å²) in [6.45, 7) is 1.37. The van der Waals surface area contributed by atoms with Gasteiger partial charge in [0.25, 0.3) is 0 Å². The highest BCUT2D eigenvalue weighted by Gasteiger charge is 2.35. The average molecular weight is 456 g/mol. The molecule has 2 aromatic carbocycles. The summed E-state index contributed by atoms with van der Waals surface area (Å²) in [4.78, 5) is 16.4. The van der Waals surface area contributed by atoms with Gasteiger partial charge in [-0.05, 0) is 17.7 Å². The molecule has 1 aliphatic rings. The third kappa shape index (κ3) is 4.59. The minimum absolute atomic E-state index is 0.00379. The Balaban J connectivity index is 1.81. The number of nitrogens with zero attached hydrogens (tertiary/aromatic N) is 3. The lowest BCUT2D eigenvalue weighted by molar-refractivity contribution is -0.135. The van der Waals surface area contributed by atoms with Crippen LogP contribution in [0, 0.1) is 0 Å². The highest BCUT2D eigenvalue weighted by molar-refractivity contribution is 7.89. The van der Waals surface area contributed by atoms with E-state index in [1.165, 1.54) is 10.4 Å². The third-order valence-corrected chi connectivity index (χ3v) is 7.83. The van der Waals surface area contributed by atoms with Gasteiger partial charge in [0.2, 0.25) is 15.9 Å². The van der Waals surface area contributed by atoms with Crippen molar-refractivity contribution in [1.29, 1.82) is 0 Å². The SMILES string of the molecule is CN(C)C(=O)C(c1ccccc1)N1CCN(S(=O)(=O)c2cccc(Cl)c2Cl)CC1. The molecule has 0 aromatic heterocycles. The van der Waals surface area contributed by atoms with Crippen molar-refractivity contribution >= 4 is 39.1 Å². The molecule has 9 heteroatoms. The minimum Gasteiger partial charge on any atom is -0.347 e. The fraction of sp³-hybridized carbons (Fsp3) is 0.350. The second-order valence-electron chi connectivity index (χ2n) is 7.04. The van der Waals surface area contributed by atoms with Crippen LogP contribution in [0.4, 0.5) is 0 Å². The van der Waals surface area contributed by atoms with Crippen molar-refractivity contribution in [3.05, 3.63) is 64.1 Å². The molecule has 0 bridgehead atoms. The lowest BCUT2D eigenvalue weighted by Gasteiger charge is -2.39. The lowest BCUT2D eigenvalue weighted by atomic mass is 10.0. The van der Waals surface area contributed by atoms with E-state index in [2.05, 4.69) is 0 Å². The van der Waals surface area contributed by atoms with Crippen LogP contribution in [0.5, 0.6) is 0 Å². The molecule has 0 spiro atoms. The molecule has 1 saturated heterocycles. The molecular weight excluding hydrogens is 433 g/mol. The number of likely N-dealkylation sites (N-methyl/N-ethyl adjacent to an activating group) is 1. The largest absolute Gasteiger partial charge is 0.347 e. The van der Waals surface area contributed by atoms with Gasteiger partial charge >= 0.3 is 0 Å². The zero-order valence-corrected chi connectivity index (χ0v) is 18.6. The number of sulfonamides is 1. The van der Waals surface area contributed by atoms with Crippen molar-refractivity contribution < 1.29 is 13.2 Å². The Morgan fingerprint density at radius 2 is 1.59 bits per heavy atom. The Morgan fingerprint density at radius 1 is 0.966 bits per heavy atom. The predicted octanol–water partition coefficient (Wildman–Crippen LogP) is 3.13. The van der Waals surface area contributed by atoms with E-state index in [0.717, 1.165) is 5.56 Å². The van der Waals surface area contributed by atoms with E-state index in [1.54, 1.807) is 31.1 Å². The molecule has 0 radical (unpaired) electrons. The van der Waals surface area contributed by atoms with Crippen LogP contribution in [-0.4, -0.2) is 68.7 Å². The summed E-state index contributed by atoms with van der Waals surface area (Å²) in [6.07, 6.45) is 0. The molecule has 1 amide bonds. The van der Waals surface area contributed by atoms with Crippen molar-refractivity contribution in [2.24, 2.45) is 0 Å². The van der Waals surface area contributed by atoms with Gasteiger partial charge in [-0.3, -0.25) is 9.69 Å². The van der Waals surface area contributed by atoms with E-state index in [-0.39, 0.29) is 33.9 Å². The summed E-state index contributed by atoms with van der Waals surface area (Å²) < 4.78 is 27.5. The second kappa shape index (κ2) is 9.02. The van der Waals surface area contributed by atoms with Gasteiger partial charge in [0.05, 0.1) is 10.0 Å². The van der Waals surface area contributed by atoms with Crippen LogP contribution >= 0.6 is 23.2 Å². The minimum atomic E-state index is -3.77. The molecule has 2 aromatic rings. The van der Waals surface area contributed by atoms with Crippen molar-refractivity contribution in [2.75, 3.05) is 40.3 Å². The highest BCUT2D eigenvalue weighted by Crippen LogP contribution is 2.32. The van der Waals surface area contributed by atoms with Crippen LogP contribution in [0.1, 0.15) is 11.6 Å². The van der Waals surface area contributed by atoms with E-state index < -0.39 is 16.1 Å². The Bertz CT molecular complexity index is 976. The van der Waals surface area contributed by atoms with Crippen LogP contribution in [0.15, 0.2) is 53.4 Å². The first-order valence-corrected chi connectivity index (χ1v) is 11.4. The molecule has 1 unspecified atom stereocenters. The Hall–Kier alpha value is -1.64. The molecule has 29 heavy (non-hydrogen) atoms. The Labute approximate surface area is 181 Å². The first kappa shape index (κ1) is 22.1. The predicted molar refractivity (Wildman–Crippen MR) is 115 cm³/mol. The van der Waals surface area contributed by atoms with Crippen LogP contribution in [-0.2, 0) is 14.8 Å². The van der Waals surface area contributed by atoms with Crippen molar-refractivity contribution in [3.63, 3.8) is 0 Å². The number of carbonyl (C=O) groups excluding carboxylic acids is 1. The van der Waals surface area contributed by atoms with Gasteiger partial charge in [-0.2, -0.15) is 4.31 Å². The number of hydrogen-bond donors (Lipinski definition) is 0. The molecule has 1 heterocycles. The smallest absolute Gasteiger partial charge is 0.244 e. The topological polar surface area (TPSA) is 60.9 Å². The van der Waals surface area contributed by atoms with Gasteiger partial charge in [0.15, 0.2) is 0 Å². The molecule has 1 fully saturated rings. The van der Waals surface area contributed by atoms with Gasteiger partial charge in [-0.1, -0.05) is 59.6 Å². The maximum Gasteiger partial charge on any atom is 0.244 e. The molecule has 3 rings (SSSR count). The van der Waals surface area contributed by atoms with E-state index in [0.29, 0.717) is 13.1 Å². The number of piperazine rings is 1. The molecule has 1 atom stereocenters. The summed E-state index contributed by atoms with van der Waals surface area (Å²) >= 11 is 12.1. The number of amides is 1. The van der Waals surface area contributed by atoms with Gasteiger partial charge in [-0.15, -0.1) is 0 Å². The van der Waals surface area contributed by atoms with E-state index in [4.69, 9.17) is 23.2 Å². The average Bonchev–Trinajstić information content (AvgIpc) is 2.71. The van der Waals surface area contributed by atoms with E-state index in [9.17, 15) is 13.2 Å². The monoisotopic (exact) mass is 455 g/mol. The Morgan fingerprint density at radius 3 is 2.17 bits per heavy atom. The maximum absolute atomic E-state index is 13.0. The molecular formula is C20H23Cl2N3O3S. The summed E-state index contributed by atoms with van der Waals surface area (Å²) in [5.74, 6) is -0.0367. The van der Waals surface area contributed by atoms with Crippen molar-refractivity contribution in [1.82, 2.24) is 14.1 Å². The number of rotatable bonds is 5. The Kier molecular flexibility index (Phi) is 6.86. The zero-order valence-electron chi connectivity index (χ0n) is 16.3. The van der Waals surface area contributed by atoms with Crippen molar-refractivity contribution in [2.45, 2.75) is 10.9 Å². The van der Waals surface area contributed by atoms with Gasteiger partial charge in [0, 0.05) is 40.3 Å². The quantitative estimate of drug-likeness (QED) is 0.694. The molecule has 156 valence electrons.